The van der Waals surface area contributed by atoms with E-state index in [0.717, 1.165) is 5.56 Å². The van der Waals surface area contributed by atoms with Gasteiger partial charge in [-0.2, -0.15) is 0 Å². The highest BCUT2D eigenvalue weighted by molar-refractivity contribution is 9.10. The number of halogens is 1. The fourth-order valence-electron chi connectivity index (χ4n) is 1.47. The molecule has 0 bridgehead atoms. The molecule has 98 valence electrons. The number of rotatable bonds is 4. The number of nitrogens with zero attached hydrogens (tertiary/aromatic N) is 2. The molecule has 0 aliphatic carbocycles. The highest BCUT2D eigenvalue weighted by atomic mass is 79.9. The Balaban J connectivity index is 1.98. The van der Waals surface area contributed by atoms with Crippen molar-refractivity contribution in [3.05, 3.63) is 52.4 Å². The molecule has 0 aliphatic rings. The number of methoxy groups -OCH3 is 1. The first-order valence-electron chi connectivity index (χ1n) is 5.58. The Hall–Kier alpha value is -1.95. The van der Waals surface area contributed by atoms with Crippen LogP contribution in [0, 0.1) is 0 Å². The van der Waals surface area contributed by atoms with Gasteiger partial charge >= 0.3 is 0 Å². The highest BCUT2D eigenvalue weighted by Gasteiger charge is 2.09. The number of carbonyl (C=O) groups excluding carboxylic acids is 1. The third-order valence-electron chi connectivity index (χ3n) is 2.46. The molecule has 2 aromatic heterocycles. The molecule has 6 heteroatoms. The maximum atomic E-state index is 11.9. The molecule has 2 rings (SSSR count). The van der Waals surface area contributed by atoms with Crippen LogP contribution in [-0.4, -0.2) is 23.0 Å². The molecule has 0 radical (unpaired) electrons. The summed E-state index contributed by atoms with van der Waals surface area (Å²) in [5.74, 6) is 0.362. The first kappa shape index (κ1) is 13.5. The van der Waals surface area contributed by atoms with Crippen molar-refractivity contribution >= 4 is 21.8 Å². The van der Waals surface area contributed by atoms with Crippen molar-refractivity contribution in [2.24, 2.45) is 0 Å². The van der Waals surface area contributed by atoms with E-state index < -0.39 is 0 Å². The van der Waals surface area contributed by atoms with Gasteiger partial charge in [-0.15, -0.1) is 0 Å². The van der Waals surface area contributed by atoms with Crippen molar-refractivity contribution < 1.29 is 9.53 Å². The van der Waals surface area contributed by atoms with Crippen LogP contribution in [0.3, 0.4) is 0 Å². The topological polar surface area (TPSA) is 64.1 Å². The molecule has 0 spiro atoms. The van der Waals surface area contributed by atoms with E-state index in [4.69, 9.17) is 4.74 Å². The van der Waals surface area contributed by atoms with Gasteiger partial charge in [-0.1, -0.05) is 6.07 Å². The van der Waals surface area contributed by atoms with Crippen LogP contribution in [0.4, 0.5) is 0 Å². The van der Waals surface area contributed by atoms with E-state index in [0.29, 0.717) is 22.6 Å². The van der Waals surface area contributed by atoms with Crippen molar-refractivity contribution in [1.29, 1.82) is 0 Å². The van der Waals surface area contributed by atoms with Gasteiger partial charge in [-0.05, 0) is 33.6 Å². The third-order valence-corrected chi connectivity index (χ3v) is 3.10. The summed E-state index contributed by atoms with van der Waals surface area (Å²) in [5.41, 5.74) is 1.40. The van der Waals surface area contributed by atoms with E-state index in [9.17, 15) is 4.79 Å². The first-order chi connectivity index (χ1) is 9.20. The van der Waals surface area contributed by atoms with E-state index in [1.165, 1.54) is 0 Å². The fraction of sp³-hybridized carbons (Fsp3) is 0.154. The fourth-order valence-corrected chi connectivity index (χ4v) is 1.90. The average molecular weight is 322 g/mol. The van der Waals surface area contributed by atoms with Crippen molar-refractivity contribution in [2.45, 2.75) is 6.54 Å². The molecule has 0 saturated heterocycles. The Bertz CT molecular complexity index is 572. The van der Waals surface area contributed by atoms with Crippen LogP contribution in [-0.2, 0) is 6.54 Å². The normalized spacial score (nSPS) is 10.0. The van der Waals surface area contributed by atoms with Gasteiger partial charge in [0.25, 0.3) is 5.91 Å². The molecule has 0 aliphatic heterocycles. The number of nitrogens with one attached hydrogen (secondary N) is 1. The zero-order valence-electron chi connectivity index (χ0n) is 10.3. The Kier molecular flexibility index (Phi) is 4.46. The maximum Gasteiger partial charge on any atom is 0.254 e. The summed E-state index contributed by atoms with van der Waals surface area (Å²) in [6, 6.07) is 7.03. The largest absolute Gasteiger partial charge is 0.481 e. The minimum Gasteiger partial charge on any atom is -0.481 e. The summed E-state index contributed by atoms with van der Waals surface area (Å²) in [5, 5.41) is 2.80. The van der Waals surface area contributed by atoms with Gasteiger partial charge in [-0.25, -0.2) is 9.97 Å². The lowest BCUT2D eigenvalue weighted by molar-refractivity contribution is 0.0949. The number of ether oxygens (including phenoxy) is 1. The molecule has 0 aromatic carbocycles. The molecule has 2 heterocycles. The Morgan fingerprint density at radius 1 is 1.37 bits per heavy atom. The number of hydrogen-bond donors (Lipinski definition) is 1. The predicted molar refractivity (Wildman–Crippen MR) is 73.9 cm³/mol. The summed E-state index contributed by atoms with van der Waals surface area (Å²) in [6.07, 6.45) is 3.28. The first-order valence-corrected chi connectivity index (χ1v) is 6.37. The maximum absolute atomic E-state index is 11.9. The van der Waals surface area contributed by atoms with Gasteiger partial charge in [0.2, 0.25) is 5.88 Å². The van der Waals surface area contributed by atoms with Crippen molar-refractivity contribution in [3.63, 3.8) is 0 Å². The summed E-state index contributed by atoms with van der Waals surface area (Å²) >= 11 is 3.24. The highest BCUT2D eigenvalue weighted by Crippen LogP contribution is 2.12. The number of pyridine rings is 2. The van der Waals surface area contributed by atoms with Gasteiger partial charge in [0.15, 0.2) is 0 Å². The van der Waals surface area contributed by atoms with Gasteiger partial charge in [0.05, 0.1) is 12.7 Å². The van der Waals surface area contributed by atoms with E-state index in [2.05, 4.69) is 31.2 Å². The lowest BCUT2D eigenvalue weighted by Crippen LogP contribution is -2.23. The summed E-state index contributed by atoms with van der Waals surface area (Å²) < 4.78 is 5.50. The number of carbonyl (C=O) groups is 1. The second-order valence-corrected chi connectivity index (χ2v) is 4.48. The van der Waals surface area contributed by atoms with Gasteiger partial charge in [0.1, 0.15) is 4.60 Å². The molecule has 0 unspecified atom stereocenters. The Morgan fingerprint density at radius 2 is 2.21 bits per heavy atom. The minimum absolute atomic E-state index is 0.184. The monoisotopic (exact) mass is 321 g/mol. The Morgan fingerprint density at radius 3 is 2.84 bits per heavy atom. The zero-order chi connectivity index (χ0) is 13.7. The smallest absolute Gasteiger partial charge is 0.254 e. The number of aromatic nitrogens is 2. The summed E-state index contributed by atoms with van der Waals surface area (Å²) in [7, 11) is 1.56. The molecule has 0 saturated carbocycles. The van der Waals surface area contributed by atoms with Gasteiger partial charge in [0, 0.05) is 25.0 Å². The predicted octanol–water partition coefficient (Wildman–Crippen LogP) is 2.18. The lowest BCUT2D eigenvalue weighted by Gasteiger charge is -2.06. The molecule has 0 fully saturated rings. The van der Waals surface area contributed by atoms with Crippen LogP contribution in [0.5, 0.6) is 5.88 Å². The molecule has 19 heavy (non-hydrogen) atoms. The molecule has 1 N–H and O–H groups in total. The lowest BCUT2D eigenvalue weighted by atomic mass is 10.2. The molecule has 0 atom stereocenters. The standard InChI is InChI=1S/C13H12BrN3O2/c1-19-11-5-4-9(7-16-11)8-17-13(18)10-3-2-6-15-12(10)14/h2-7H,8H2,1H3,(H,17,18). The van der Waals surface area contributed by atoms with Gasteiger partial charge in [-0.3, -0.25) is 4.79 Å². The van der Waals surface area contributed by atoms with Gasteiger partial charge < -0.3 is 10.1 Å². The second kappa shape index (κ2) is 6.29. The van der Waals surface area contributed by atoms with Crippen LogP contribution >= 0.6 is 15.9 Å². The summed E-state index contributed by atoms with van der Waals surface area (Å²) in [6.45, 7) is 0.400. The van der Waals surface area contributed by atoms with E-state index in [1.807, 2.05) is 6.07 Å². The third kappa shape index (κ3) is 3.51. The van der Waals surface area contributed by atoms with Crippen LogP contribution in [0.15, 0.2) is 41.3 Å². The van der Waals surface area contributed by atoms with Crippen molar-refractivity contribution in [1.82, 2.24) is 15.3 Å². The average Bonchev–Trinajstić information content (AvgIpc) is 2.46. The van der Waals surface area contributed by atoms with Crippen LogP contribution in [0.1, 0.15) is 15.9 Å². The molecule has 2 aromatic rings. The van der Waals surface area contributed by atoms with Crippen LogP contribution < -0.4 is 10.1 Å². The van der Waals surface area contributed by atoms with Crippen LogP contribution in [0.25, 0.3) is 0 Å². The SMILES string of the molecule is COc1ccc(CNC(=O)c2cccnc2Br)cn1. The number of hydrogen-bond acceptors (Lipinski definition) is 4. The Labute approximate surface area is 119 Å². The van der Waals surface area contributed by atoms with Crippen molar-refractivity contribution in [3.8, 4) is 5.88 Å². The quantitative estimate of drug-likeness (QED) is 0.877. The molecular formula is C13H12BrN3O2. The van der Waals surface area contributed by atoms with Crippen molar-refractivity contribution in [2.75, 3.05) is 7.11 Å². The van der Waals surface area contributed by atoms with E-state index >= 15 is 0 Å². The second-order valence-electron chi connectivity index (χ2n) is 3.73. The molecule has 1 amide bonds. The molecular weight excluding hydrogens is 310 g/mol. The van der Waals surface area contributed by atoms with E-state index in [1.54, 1.807) is 37.7 Å². The molecule has 5 nitrogen and oxygen atoms in total. The minimum atomic E-state index is -0.184. The zero-order valence-corrected chi connectivity index (χ0v) is 11.8. The van der Waals surface area contributed by atoms with Crippen LogP contribution in [0.2, 0.25) is 0 Å². The van der Waals surface area contributed by atoms with E-state index in [-0.39, 0.29) is 5.91 Å². The summed E-state index contributed by atoms with van der Waals surface area (Å²) in [4.78, 5) is 20.0. The number of amides is 1.